The van der Waals surface area contributed by atoms with Crippen molar-refractivity contribution in [2.24, 2.45) is 5.92 Å². The van der Waals surface area contributed by atoms with Crippen molar-refractivity contribution < 1.29 is 9.59 Å². The largest absolute Gasteiger partial charge is 0.352 e. The van der Waals surface area contributed by atoms with E-state index in [2.05, 4.69) is 34.6 Å². The molecule has 1 heterocycles. The van der Waals surface area contributed by atoms with Gasteiger partial charge in [-0.05, 0) is 44.7 Å². The summed E-state index contributed by atoms with van der Waals surface area (Å²) in [5.74, 6) is 0.494. The Bertz CT molecular complexity index is 581. The zero-order chi connectivity index (χ0) is 16.9. The SMILES string of the molecule is Cc1ccc(CNC(=O)CN2CCCC(NC(=O)C3CC3)C2)cc1. The van der Waals surface area contributed by atoms with E-state index in [1.807, 2.05) is 12.1 Å². The Morgan fingerprint density at radius 2 is 1.92 bits per heavy atom. The summed E-state index contributed by atoms with van der Waals surface area (Å²) in [5.41, 5.74) is 2.33. The fraction of sp³-hybridized carbons (Fsp3) is 0.579. The number of hydrogen-bond acceptors (Lipinski definition) is 3. The van der Waals surface area contributed by atoms with Gasteiger partial charge in [0.1, 0.15) is 0 Å². The number of likely N-dealkylation sites (tertiary alicyclic amines) is 1. The Morgan fingerprint density at radius 1 is 1.17 bits per heavy atom. The van der Waals surface area contributed by atoms with E-state index in [4.69, 9.17) is 0 Å². The summed E-state index contributed by atoms with van der Waals surface area (Å²) in [6, 6.07) is 8.38. The minimum Gasteiger partial charge on any atom is -0.352 e. The summed E-state index contributed by atoms with van der Waals surface area (Å²) >= 11 is 0. The fourth-order valence-electron chi connectivity index (χ4n) is 3.15. The lowest BCUT2D eigenvalue weighted by atomic mass is 10.1. The van der Waals surface area contributed by atoms with Gasteiger partial charge in [-0.15, -0.1) is 0 Å². The topological polar surface area (TPSA) is 61.4 Å². The summed E-state index contributed by atoms with van der Waals surface area (Å²) in [4.78, 5) is 26.2. The van der Waals surface area contributed by atoms with E-state index < -0.39 is 0 Å². The molecule has 1 saturated carbocycles. The second kappa shape index (κ2) is 7.79. The molecular weight excluding hydrogens is 302 g/mol. The Kier molecular flexibility index (Phi) is 5.51. The molecule has 3 rings (SSSR count). The molecule has 1 saturated heterocycles. The quantitative estimate of drug-likeness (QED) is 0.833. The van der Waals surface area contributed by atoms with Gasteiger partial charge in [0.2, 0.25) is 11.8 Å². The van der Waals surface area contributed by atoms with E-state index >= 15 is 0 Å². The molecule has 0 bridgehead atoms. The van der Waals surface area contributed by atoms with Crippen LogP contribution in [0.15, 0.2) is 24.3 Å². The van der Waals surface area contributed by atoms with Crippen LogP contribution in [0.25, 0.3) is 0 Å². The van der Waals surface area contributed by atoms with Crippen LogP contribution in [0, 0.1) is 12.8 Å². The highest BCUT2D eigenvalue weighted by Crippen LogP contribution is 2.29. The summed E-state index contributed by atoms with van der Waals surface area (Å²) in [5, 5.41) is 6.12. The molecule has 130 valence electrons. The first-order valence-corrected chi connectivity index (χ1v) is 8.95. The first-order valence-electron chi connectivity index (χ1n) is 8.95. The predicted molar refractivity (Wildman–Crippen MR) is 93.4 cm³/mol. The minimum absolute atomic E-state index is 0.0461. The Balaban J connectivity index is 1.40. The van der Waals surface area contributed by atoms with Crippen molar-refractivity contribution in [3.8, 4) is 0 Å². The Labute approximate surface area is 143 Å². The average molecular weight is 329 g/mol. The second-order valence-corrected chi connectivity index (χ2v) is 7.12. The van der Waals surface area contributed by atoms with Gasteiger partial charge in [-0.25, -0.2) is 0 Å². The fourth-order valence-corrected chi connectivity index (χ4v) is 3.15. The van der Waals surface area contributed by atoms with E-state index in [-0.39, 0.29) is 23.8 Å². The third-order valence-electron chi connectivity index (χ3n) is 4.78. The molecule has 1 aromatic carbocycles. The summed E-state index contributed by atoms with van der Waals surface area (Å²) in [7, 11) is 0. The lowest BCUT2D eigenvalue weighted by molar-refractivity contribution is -0.123. The Hall–Kier alpha value is -1.88. The van der Waals surface area contributed by atoms with E-state index in [0.717, 1.165) is 44.3 Å². The number of nitrogens with zero attached hydrogens (tertiary/aromatic N) is 1. The van der Waals surface area contributed by atoms with E-state index in [1.54, 1.807) is 0 Å². The number of carbonyl (C=O) groups is 2. The number of nitrogens with one attached hydrogen (secondary N) is 2. The maximum absolute atomic E-state index is 12.2. The standard InChI is InChI=1S/C19H27N3O2/c1-14-4-6-15(7-5-14)11-20-18(23)13-22-10-2-3-17(12-22)21-19(24)16-8-9-16/h4-7,16-17H,2-3,8-13H2,1H3,(H,20,23)(H,21,24). The molecule has 2 N–H and O–H groups in total. The third-order valence-corrected chi connectivity index (χ3v) is 4.78. The molecule has 1 unspecified atom stereocenters. The van der Waals surface area contributed by atoms with Crippen LogP contribution in [0.4, 0.5) is 0 Å². The molecular formula is C19H27N3O2. The average Bonchev–Trinajstić information content (AvgIpc) is 3.40. The number of hydrogen-bond donors (Lipinski definition) is 2. The van der Waals surface area contributed by atoms with E-state index in [9.17, 15) is 9.59 Å². The molecule has 0 spiro atoms. The molecule has 0 aromatic heterocycles. The van der Waals surface area contributed by atoms with Crippen molar-refractivity contribution >= 4 is 11.8 Å². The molecule has 1 aliphatic heterocycles. The molecule has 0 radical (unpaired) electrons. The van der Waals surface area contributed by atoms with Gasteiger partial charge < -0.3 is 10.6 Å². The van der Waals surface area contributed by atoms with Gasteiger partial charge in [-0.3, -0.25) is 14.5 Å². The van der Waals surface area contributed by atoms with Crippen LogP contribution in [0.3, 0.4) is 0 Å². The van der Waals surface area contributed by atoms with Crippen molar-refractivity contribution in [2.45, 2.75) is 45.2 Å². The molecule has 1 atom stereocenters. The minimum atomic E-state index is 0.0461. The van der Waals surface area contributed by atoms with Crippen LogP contribution < -0.4 is 10.6 Å². The first kappa shape index (κ1) is 17.0. The van der Waals surface area contributed by atoms with Crippen LogP contribution in [0.1, 0.15) is 36.8 Å². The molecule has 2 amide bonds. The number of rotatable bonds is 6. The molecule has 2 aliphatic rings. The van der Waals surface area contributed by atoms with Gasteiger partial charge >= 0.3 is 0 Å². The molecule has 1 aliphatic carbocycles. The van der Waals surface area contributed by atoms with E-state index in [0.29, 0.717) is 13.1 Å². The van der Waals surface area contributed by atoms with Crippen LogP contribution >= 0.6 is 0 Å². The molecule has 1 aromatic rings. The van der Waals surface area contributed by atoms with Crippen LogP contribution in [0.5, 0.6) is 0 Å². The number of carbonyl (C=O) groups excluding carboxylic acids is 2. The van der Waals surface area contributed by atoms with Gasteiger partial charge in [0, 0.05) is 25.0 Å². The summed E-state index contributed by atoms with van der Waals surface area (Å²) < 4.78 is 0. The summed E-state index contributed by atoms with van der Waals surface area (Å²) in [6.45, 7) is 4.72. The van der Waals surface area contributed by atoms with Crippen molar-refractivity contribution in [1.29, 1.82) is 0 Å². The highest BCUT2D eigenvalue weighted by molar-refractivity contribution is 5.81. The maximum Gasteiger partial charge on any atom is 0.234 e. The van der Waals surface area contributed by atoms with Crippen molar-refractivity contribution in [1.82, 2.24) is 15.5 Å². The molecule has 5 nitrogen and oxygen atoms in total. The van der Waals surface area contributed by atoms with Crippen LogP contribution in [0.2, 0.25) is 0 Å². The van der Waals surface area contributed by atoms with Crippen molar-refractivity contribution in [3.63, 3.8) is 0 Å². The van der Waals surface area contributed by atoms with Gasteiger partial charge in [-0.2, -0.15) is 0 Å². The molecule has 2 fully saturated rings. The zero-order valence-electron chi connectivity index (χ0n) is 14.4. The van der Waals surface area contributed by atoms with Gasteiger partial charge in [0.15, 0.2) is 0 Å². The lowest BCUT2D eigenvalue weighted by Crippen LogP contribution is -2.50. The highest BCUT2D eigenvalue weighted by Gasteiger charge is 2.32. The number of amides is 2. The van der Waals surface area contributed by atoms with Crippen molar-refractivity contribution in [3.05, 3.63) is 35.4 Å². The second-order valence-electron chi connectivity index (χ2n) is 7.12. The van der Waals surface area contributed by atoms with Crippen molar-refractivity contribution in [2.75, 3.05) is 19.6 Å². The first-order chi connectivity index (χ1) is 11.6. The summed E-state index contributed by atoms with van der Waals surface area (Å²) in [6.07, 6.45) is 4.11. The van der Waals surface area contributed by atoms with Gasteiger partial charge in [0.05, 0.1) is 6.54 Å². The number of benzene rings is 1. The normalized spacial score (nSPS) is 21.3. The third kappa shape index (κ3) is 5.06. The molecule has 24 heavy (non-hydrogen) atoms. The lowest BCUT2D eigenvalue weighted by Gasteiger charge is -2.32. The monoisotopic (exact) mass is 329 g/mol. The zero-order valence-corrected chi connectivity index (χ0v) is 14.4. The van der Waals surface area contributed by atoms with Gasteiger partial charge in [0.25, 0.3) is 0 Å². The smallest absolute Gasteiger partial charge is 0.234 e. The number of piperidine rings is 1. The molecule has 5 heteroatoms. The predicted octanol–water partition coefficient (Wildman–Crippen LogP) is 1.60. The van der Waals surface area contributed by atoms with Crippen LogP contribution in [-0.4, -0.2) is 42.4 Å². The highest BCUT2D eigenvalue weighted by atomic mass is 16.2. The van der Waals surface area contributed by atoms with Crippen LogP contribution in [-0.2, 0) is 16.1 Å². The van der Waals surface area contributed by atoms with E-state index in [1.165, 1.54) is 5.56 Å². The number of aryl methyl sites for hydroxylation is 1. The maximum atomic E-state index is 12.2. The van der Waals surface area contributed by atoms with Gasteiger partial charge in [-0.1, -0.05) is 29.8 Å². The Morgan fingerprint density at radius 3 is 2.62 bits per heavy atom.